The third-order valence-corrected chi connectivity index (χ3v) is 7.07. The molecule has 0 radical (unpaired) electrons. The number of ether oxygens (including phenoxy) is 4. The molecule has 5 atom stereocenters. The second-order valence-electron chi connectivity index (χ2n) is 8.79. The summed E-state index contributed by atoms with van der Waals surface area (Å²) < 4.78 is 24.2. The van der Waals surface area contributed by atoms with Crippen molar-refractivity contribution in [1.29, 1.82) is 0 Å². The van der Waals surface area contributed by atoms with Crippen LogP contribution in [0, 0.1) is 6.92 Å². The Morgan fingerprint density at radius 3 is 1.97 bits per heavy atom. The highest BCUT2D eigenvalue weighted by Crippen LogP contribution is 2.37. The molecule has 6 nitrogen and oxygen atoms in total. The van der Waals surface area contributed by atoms with Crippen molar-refractivity contribution in [2.75, 3.05) is 6.61 Å². The number of hydrogen-bond acceptors (Lipinski definition) is 7. The highest BCUT2D eigenvalue weighted by Gasteiger charge is 2.47. The maximum atomic E-state index is 11.5. The van der Waals surface area contributed by atoms with Crippen molar-refractivity contribution < 1.29 is 28.8 Å². The number of thioether (sulfide) groups is 1. The Morgan fingerprint density at radius 2 is 1.42 bits per heavy atom. The van der Waals surface area contributed by atoms with Crippen molar-refractivity contribution in [2.45, 2.75) is 61.8 Å². The van der Waals surface area contributed by atoms with Gasteiger partial charge in [-0.2, -0.15) is 0 Å². The number of carbonyl (C=O) groups excluding carboxylic acids is 1. The van der Waals surface area contributed by atoms with Gasteiger partial charge in [0, 0.05) is 11.8 Å². The lowest BCUT2D eigenvalue weighted by molar-refractivity contribution is -0.239. The topological polar surface area (TPSA) is 74.2 Å². The molecule has 1 heterocycles. The van der Waals surface area contributed by atoms with Gasteiger partial charge in [-0.05, 0) is 30.2 Å². The Kier molecular flexibility index (Phi) is 9.55. The largest absolute Gasteiger partial charge is 0.463 e. The van der Waals surface area contributed by atoms with E-state index in [-0.39, 0.29) is 6.61 Å². The Hall–Kier alpha value is -2.68. The summed E-state index contributed by atoms with van der Waals surface area (Å²) in [6.45, 7) is 3.94. The number of aliphatic hydroxyl groups is 1. The molecule has 4 rings (SSSR count). The predicted octanol–water partition coefficient (Wildman–Crippen LogP) is 4.91. The maximum Gasteiger partial charge on any atom is 0.302 e. The van der Waals surface area contributed by atoms with Crippen molar-refractivity contribution in [2.24, 2.45) is 0 Å². The number of hydrogen-bond donors (Lipinski definition) is 1. The molecule has 3 aromatic carbocycles. The van der Waals surface area contributed by atoms with Gasteiger partial charge in [0.1, 0.15) is 36.5 Å². The molecule has 1 N–H and O–H groups in total. The highest BCUT2D eigenvalue weighted by molar-refractivity contribution is 7.99. The van der Waals surface area contributed by atoms with E-state index in [2.05, 4.69) is 0 Å². The molecule has 0 aromatic heterocycles. The van der Waals surface area contributed by atoms with Gasteiger partial charge < -0.3 is 24.1 Å². The fraction of sp³-hybridized carbons (Fsp3) is 0.345. The van der Waals surface area contributed by atoms with Gasteiger partial charge in [-0.1, -0.05) is 90.1 Å². The predicted molar refractivity (Wildman–Crippen MR) is 138 cm³/mol. The van der Waals surface area contributed by atoms with E-state index in [0.29, 0.717) is 13.2 Å². The van der Waals surface area contributed by atoms with Crippen LogP contribution in [0.4, 0.5) is 0 Å². The van der Waals surface area contributed by atoms with Crippen molar-refractivity contribution in [3.63, 3.8) is 0 Å². The molecule has 0 saturated carbocycles. The quantitative estimate of drug-likeness (QED) is 0.390. The zero-order valence-electron chi connectivity index (χ0n) is 20.5. The molecular formula is C29H32O6S. The number of carbonyl (C=O) groups is 1. The molecule has 0 bridgehead atoms. The van der Waals surface area contributed by atoms with Crippen molar-refractivity contribution in [3.8, 4) is 0 Å². The molecule has 0 spiro atoms. The second-order valence-corrected chi connectivity index (χ2v) is 9.96. The van der Waals surface area contributed by atoms with Gasteiger partial charge in [-0.25, -0.2) is 0 Å². The van der Waals surface area contributed by atoms with Gasteiger partial charge >= 0.3 is 5.97 Å². The van der Waals surface area contributed by atoms with E-state index in [1.54, 1.807) is 0 Å². The molecule has 7 heteroatoms. The van der Waals surface area contributed by atoms with Gasteiger partial charge in [-0.15, -0.1) is 0 Å². The summed E-state index contributed by atoms with van der Waals surface area (Å²) >= 11 is 1.50. The van der Waals surface area contributed by atoms with Gasteiger partial charge in [-0.3, -0.25) is 4.79 Å². The van der Waals surface area contributed by atoms with E-state index in [1.165, 1.54) is 18.7 Å². The minimum atomic E-state index is -1.05. The standard InChI is InChI=1S/C29H32O6S/c1-20-13-15-24(16-14-20)36-29-28(34-18-23-11-7-4-8-12-23)27(33-17-22-9-5-3-6-10-22)26(31)25(35-29)19-32-21(2)30/h3-16,25-29,31H,17-19H2,1-2H3. The van der Waals surface area contributed by atoms with Crippen molar-refractivity contribution in [3.05, 3.63) is 102 Å². The maximum absolute atomic E-state index is 11.5. The molecule has 1 aliphatic rings. The first-order chi connectivity index (χ1) is 17.5. The molecule has 3 aromatic rings. The SMILES string of the molecule is CC(=O)OCC1OC(Sc2ccc(C)cc2)C(OCc2ccccc2)C(OCc2ccccc2)C1O. The first kappa shape index (κ1) is 26.4. The highest BCUT2D eigenvalue weighted by atomic mass is 32.2. The molecule has 36 heavy (non-hydrogen) atoms. The van der Waals surface area contributed by atoms with Crippen LogP contribution in [0.15, 0.2) is 89.8 Å². The smallest absolute Gasteiger partial charge is 0.302 e. The van der Waals surface area contributed by atoms with E-state index in [9.17, 15) is 9.90 Å². The lowest BCUT2D eigenvalue weighted by Gasteiger charge is -2.44. The monoisotopic (exact) mass is 508 g/mol. The van der Waals surface area contributed by atoms with Gasteiger partial charge in [0.15, 0.2) is 0 Å². The van der Waals surface area contributed by atoms with Crippen LogP contribution in [-0.4, -0.2) is 47.5 Å². The number of rotatable bonds is 10. The summed E-state index contributed by atoms with van der Waals surface area (Å²) in [5, 5.41) is 11.3. The van der Waals surface area contributed by atoms with Crippen LogP contribution < -0.4 is 0 Å². The first-order valence-corrected chi connectivity index (χ1v) is 12.9. The van der Waals surface area contributed by atoms with E-state index in [1.807, 2.05) is 91.9 Å². The van der Waals surface area contributed by atoms with Crippen LogP contribution in [0.1, 0.15) is 23.6 Å². The summed E-state index contributed by atoms with van der Waals surface area (Å²) in [5.74, 6) is -0.433. The van der Waals surface area contributed by atoms with E-state index in [4.69, 9.17) is 18.9 Å². The van der Waals surface area contributed by atoms with Gasteiger partial charge in [0.2, 0.25) is 0 Å². The minimum absolute atomic E-state index is 0.0714. The molecule has 5 unspecified atom stereocenters. The third kappa shape index (κ3) is 7.41. The summed E-state index contributed by atoms with van der Waals surface area (Å²) in [6, 6.07) is 27.8. The lowest BCUT2D eigenvalue weighted by atomic mass is 9.99. The average molecular weight is 509 g/mol. The fourth-order valence-corrected chi connectivity index (χ4v) is 5.10. The first-order valence-electron chi connectivity index (χ1n) is 12.0. The molecular weight excluding hydrogens is 476 g/mol. The van der Waals surface area contributed by atoms with Crippen LogP contribution >= 0.6 is 11.8 Å². The summed E-state index contributed by atoms with van der Waals surface area (Å²) in [5.41, 5.74) is 2.65. The Morgan fingerprint density at radius 1 is 0.861 bits per heavy atom. The summed E-state index contributed by atoms with van der Waals surface area (Å²) in [4.78, 5) is 12.5. The number of aliphatic hydroxyl groups excluding tert-OH is 1. The normalized spacial score (nSPS) is 23.8. The zero-order chi connectivity index (χ0) is 25.3. The number of aryl methyl sites for hydroxylation is 1. The van der Waals surface area contributed by atoms with Crippen molar-refractivity contribution in [1.82, 2.24) is 0 Å². The van der Waals surface area contributed by atoms with E-state index in [0.717, 1.165) is 21.6 Å². The molecule has 190 valence electrons. The average Bonchev–Trinajstić information content (AvgIpc) is 2.89. The van der Waals surface area contributed by atoms with E-state index >= 15 is 0 Å². The van der Waals surface area contributed by atoms with Crippen LogP contribution in [0.3, 0.4) is 0 Å². The lowest BCUT2D eigenvalue weighted by Crippen LogP contribution is -2.59. The minimum Gasteiger partial charge on any atom is -0.463 e. The molecule has 1 fully saturated rings. The Labute approximate surface area is 216 Å². The van der Waals surface area contributed by atoms with Crippen LogP contribution in [-0.2, 0) is 37.0 Å². The molecule has 0 aliphatic carbocycles. The zero-order valence-corrected chi connectivity index (χ0v) is 21.3. The molecule has 1 saturated heterocycles. The number of benzene rings is 3. The van der Waals surface area contributed by atoms with Crippen molar-refractivity contribution >= 4 is 17.7 Å². The number of esters is 1. The third-order valence-electron chi connectivity index (χ3n) is 5.91. The van der Waals surface area contributed by atoms with Crippen LogP contribution in [0.2, 0.25) is 0 Å². The van der Waals surface area contributed by atoms with Gasteiger partial charge in [0.05, 0.1) is 13.2 Å². The van der Waals surface area contributed by atoms with E-state index < -0.39 is 35.8 Å². The summed E-state index contributed by atoms with van der Waals surface area (Å²) in [7, 11) is 0. The Bertz CT molecular complexity index is 1080. The molecule has 1 aliphatic heterocycles. The fourth-order valence-electron chi connectivity index (χ4n) is 3.97. The summed E-state index contributed by atoms with van der Waals surface area (Å²) in [6.07, 6.45) is -3.09. The van der Waals surface area contributed by atoms with Crippen LogP contribution in [0.25, 0.3) is 0 Å². The van der Waals surface area contributed by atoms with Gasteiger partial charge in [0.25, 0.3) is 0 Å². The molecule has 0 amide bonds. The Balaban J connectivity index is 1.59. The van der Waals surface area contributed by atoms with Crippen LogP contribution in [0.5, 0.6) is 0 Å². The second kappa shape index (κ2) is 13.0.